The summed E-state index contributed by atoms with van der Waals surface area (Å²) in [6, 6.07) is 7.35. The first-order valence-corrected chi connectivity index (χ1v) is 6.20. The molecule has 1 atom stereocenters. The van der Waals surface area contributed by atoms with E-state index < -0.39 is 12.1 Å². The van der Waals surface area contributed by atoms with Gasteiger partial charge in [0.1, 0.15) is 0 Å². The maximum absolute atomic E-state index is 11.5. The van der Waals surface area contributed by atoms with E-state index in [0.29, 0.717) is 0 Å². The van der Waals surface area contributed by atoms with Gasteiger partial charge in [0.05, 0.1) is 6.42 Å². The molecule has 0 radical (unpaired) electrons. The molecule has 0 fully saturated rings. The molecule has 3 N–H and O–H groups in total. The number of hydrogen-bond donors (Lipinski definition) is 3. The van der Waals surface area contributed by atoms with E-state index >= 15 is 0 Å². The second-order valence-electron chi connectivity index (χ2n) is 3.80. The Morgan fingerprint density at radius 2 is 1.89 bits per heavy atom. The van der Waals surface area contributed by atoms with Gasteiger partial charge in [-0.1, -0.05) is 28.1 Å². The quantitative estimate of drug-likeness (QED) is 0.729. The van der Waals surface area contributed by atoms with Crippen LogP contribution < -0.4 is 5.32 Å². The standard InChI is InChI=1S/C12H14BrNO4/c13-9-3-1-8(2-4-9)7-11(16)14-6-5-10(15)12(17)18/h1-4,10,15H,5-7H2,(H,14,16)(H,17,18). The third-order valence-corrected chi connectivity index (χ3v) is 2.83. The van der Waals surface area contributed by atoms with Crippen LogP contribution in [0.5, 0.6) is 0 Å². The third-order valence-electron chi connectivity index (χ3n) is 2.30. The molecule has 5 nitrogen and oxygen atoms in total. The lowest BCUT2D eigenvalue weighted by molar-refractivity contribution is -0.147. The van der Waals surface area contributed by atoms with Crippen LogP contribution in [-0.4, -0.2) is 34.7 Å². The molecule has 98 valence electrons. The summed E-state index contributed by atoms with van der Waals surface area (Å²) in [5, 5.41) is 20.0. The summed E-state index contributed by atoms with van der Waals surface area (Å²) in [4.78, 5) is 21.8. The number of hydrogen-bond acceptors (Lipinski definition) is 3. The first-order valence-electron chi connectivity index (χ1n) is 5.41. The number of benzene rings is 1. The van der Waals surface area contributed by atoms with Crippen molar-refractivity contribution in [3.8, 4) is 0 Å². The Morgan fingerprint density at radius 3 is 2.44 bits per heavy atom. The van der Waals surface area contributed by atoms with E-state index in [1.54, 1.807) is 0 Å². The zero-order chi connectivity index (χ0) is 13.5. The second-order valence-corrected chi connectivity index (χ2v) is 4.71. The van der Waals surface area contributed by atoms with Crippen LogP contribution in [0.15, 0.2) is 28.7 Å². The van der Waals surface area contributed by atoms with Crippen LogP contribution in [0.4, 0.5) is 0 Å². The number of carboxylic acids is 1. The summed E-state index contributed by atoms with van der Waals surface area (Å²) >= 11 is 3.30. The van der Waals surface area contributed by atoms with Gasteiger partial charge in [0.25, 0.3) is 0 Å². The predicted octanol–water partition coefficient (Wildman–Crippen LogP) is 0.943. The first-order chi connectivity index (χ1) is 8.49. The largest absolute Gasteiger partial charge is 0.479 e. The number of carboxylic acid groups (broad SMARTS) is 1. The van der Waals surface area contributed by atoms with Crippen LogP contribution in [0.25, 0.3) is 0 Å². The van der Waals surface area contributed by atoms with Gasteiger partial charge in [-0.05, 0) is 17.7 Å². The maximum atomic E-state index is 11.5. The number of aliphatic hydroxyl groups excluding tert-OH is 1. The summed E-state index contributed by atoms with van der Waals surface area (Å²) in [6.07, 6.45) is -1.20. The van der Waals surface area contributed by atoms with Gasteiger partial charge in [-0.2, -0.15) is 0 Å². The zero-order valence-corrected chi connectivity index (χ0v) is 11.2. The molecule has 1 unspecified atom stereocenters. The number of nitrogens with one attached hydrogen (secondary N) is 1. The van der Waals surface area contributed by atoms with Crippen LogP contribution in [0.3, 0.4) is 0 Å². The highest BCUT2D eigenvalue weighted by molar-refractivity contribution is 9.10. The molecule has 1 rings (SSSR count). The van der Waals surface area contributed by atoms with Crippen molar-refractivity contribution in [3.63, 3.8) is 0 Å². The average molecular weight is 316 g/mol. The number of rotatable bonds is 6. The number of aliphatic carboxylic acids is 1. The van der Waals surface area contributed by atoms with Crippen molar-refractivity contribution in [1.29, 1.82) is 0 Å². The van der Waals surface area contributed by atoms with E-state index in [9.17, 15) is 9.59 Å². The summed E-state index contributed by atoms with van der Waals surface area (Å²) in [6.45, 7) is 0.142. The number of aliphatic hydroxyl groups is 1. The lowest BCUT2D eigenvalue weighted by Crippen LogP contribution is -2.30. The molecule has 0 aliphatic carbocycles. The predicted molar refractivity (Wildman–Crippen MR) is 69.1 cm³/mol. The van der Waals surface area contributed by atoms with Crippen LogP contribution in [0, 0.1) is 0 Å². The highest BCUT2D eigenvalue weighted by Gasteiger charge is 2.12. The Kier molecular flexibility index (Phi) is 5.80. The van der Waals surface area contributed by atoms with Gasteiger partial charge in [0.2, 0.25) is 5.91 Å². The third kappa shape index (κ3) is 5.29. The molecule has 18 heavy (non-hydrogen) atoms. The summed E-state index contributed by atoms with van der Waals surface area (Å²) in [7, 11) is 0. The fraction of sp³-hybridized carbons (Fsp3) is 0.333. The van der Waals surface area contributed by atoms with Crippen LogP contribution >= 0.6 is 15.9 Å². The van der Waals surface area contributed by atoms with Gasteiger partial charge in [-0.15, -0.1) is 0 Å². The fourth-order valence-electron chi connectivity index (χ4n) is 1.32. The molecule has 0 bridgehead atoms. The smallest absolute Gasteiger partial charge is 0.332 e. The molecule has 6 heteroatoms. The van der Waals surface area contributed by atoms with Crippen molar-refractivity contribution in [3.05, 3.63) is 34.3 Å². The van der Waals surface area contributed by atoms with E-state index in [4.69, 9.17) is 10.2 Å². The molecule has 0 aromatic heterocycles. The molecule has 0 heterocycles. The molecule has 0 saturated carbocycles. The number of carbonyl (C=O) groups excluding carboxylic acids is 1. The average Bonchev–Trinajstić information content (AvgIpc) is 2.32. The Labute approximate surface area is 113 Å². The highest BCUT2D eigenvalue weighted by Crippen LogP contribution is 2.10. The van der Waals surface area contributed by atoms with Gasteiger partial charge in [-0.3, -0.25) is 4.79 Å². The van der Waals surface area contributed by atoms with E-state index in [1.165, 1.54) is 0 Å². The number of halogens is 1. The Bertz CT molecular complexity index is 419. The number of amides is 1. The highest BCUT2D eigenvalue weighted by atomic mass is 79.9. The minimum absolute atomic E-state index is 0.00140. The summed E-state index contributed by atoms with van der Waals surface area (Å²) < 4.78 is 0.941. The molecule has 1 amide bonds. The fourth-order valence-corrected chi connectivity index (χ4v) is 1.59. The van der Waals surface area contributed by atoms with Crippen LogP contribution in [0.1, 0.15) is 12.0 Å². The van der Waals surface area contributed by atoms with E-state index in [2.05, 4.69) is 21.2 Å². The SMILES string of the molecule is O=C(Cc1ccc(Br)cc1)NCCC(O)C(=O)O. The molecule has 0 aliphatic rings. The summed E-state index contributed by atoms with van der Waals surface area (Å²) in [5.74, 6) is -1.48. The molecular weight excluding hydrogens is 302 g/mol. The molecule has 1 aromatic rings. The van der Waals surface area contributed by atoms with Gasteiger partial charge >= 0.3 is 5.97 Å². The van der Waals surface area contributed by atoms with Crippen LogP contribution in [-0.2, 0) is 16.0 Å². The van der Waals surface area contributed by atoms with E-state index in [1.807, 2.05) is 24.3 Å². The van der Waals surface area contributed by atoms with Crippen molar-refractivity contribution in [2.75, 3.05) is 6.54 Å². The van der Waals surface area contributed by atoms with Crippen LogP contribution in [0.2, 0.25) is 0 Å². The summed E-state index contributed by atoms with van der Waals surface area (Å²) in [5.41, 5.74) is 0.870. The van der Waals surface area contributed by atoms with E-state index in [-0.39, 0.29) is 25.3 Å². The minimum Gasteiger partial charge on any atom is -0.479 e. The maximum Gasteiger partial charge on any atom is 0.332 e. The van der Waals surface area contributed by atoms with Crippen molar-refractivity contribution < 1.29 is 19.8 Å². The van der Waals surface area contributed by atoms with Crippen molar-refractivity contribution >= 4 is 27.8 Å². The molecule has 1 aromatic carbocycles. The van der Waals surface area contributed by atoms with E-state index in [0.717, 1.165) is 10.0 Å². The van der Waals surface area contributed by atoms with Gasteiger partial charge in [0.15, 0.2) is 6.10 Å². The molecule has 0 spiro atoms. The van der Waals surface area contributed by atoms with Gasteiger partial charge < -0.3 is 15.5 Å². The molecular formula is C12H14BrNO4. The first kappa shape index (κ1) is 14.7. The zero-order valence-electron chi connectivity index (χ0n) is 9.60. The van der Waals surface area contributed by atoms with Gasteiger partial charge in [-0.25, -0.2) is 4.79 Å². The van der Waals surface area contributed by atoms with Gasteiger partial charge in [0, 0.05) is 17.4 Å². The number of carbonyl (C=O) groups is 2. The molecule has 0 aliphatic heterocycles. The lowest BCUT2D eigenvalue weighted by Gasteiger charge is -2.07. The normalized spacial score (nSPS) is 11.9. The van der Waals surface area contributed by atoms with Crippen molar-refractivity contribution in [2.24, 2.45) is 0 Å². The Hall–Kier alpha value is -1.40. The van der Waals surface area contributed by atoms with Crippen molar-refractivity contribution in [2.45, 2.75) is 18.9 Å². The lowest BCUT2D eigenvalue weighted by atomic mass is 10.1. The Balaban J connectivity index is 2.30. The Morgan fingerprint density at radius 1 is 1.28 bits per heavy atom. The topological polar surface area (TPSA) is 86.6 Å². The molecule has 0 saturated heterocycles. The van der Waals surface area contributed by atoms with Crippen molar-refractivity contribution in [1.82, 2.24) is 5.32 Å². The minimum atomic E-state index is -1.43. The second kappa shape index (κ2) is 7.13. The monoisotopic (exact) mass is 315 g/mol.